The molecule has 0 spiro atoms. The van der Waals surface area contributed by atoms with Crippen LogP contribution < -0.4 is 5.32 Å². The van der Waals surface area contributed by atoms with E-state index < -0.39 is 35.8 Å². The molecule has 0 bridgehead atoms. The predicted octanol–water partition coefficient (Wildman–Crippen LogP) is 1.93. The van der Waals surface area contributed by atoms with Gasteiger partial charge >= 0.3 is 5.97 Å². The Balaban J connectivity index is 2.22. The monoisotopic (exact) mass is 372 g/mol. The number of benzene rings is 1. The lowest BCUT2D eigenvalue weighted by Gasteiger charge is -2.27. The van der Waals surface area contributed by atoms with Gasteiger partial charge in [-0.2, -0.15) is 0 Å². The molecule has 0 unspecified atom stereocenters. The van der Waals surface area contributed by atoms with Crippen molar-refractivity contribution in [1.29, 1.82) is 0 Å². The zero-order chi connectivity index (χ0) is 20.1. The molecule has 27 heavy (non-hydrogen) atoms. The van der Waals surface area contributed by atoms with Crippen LogP contribution in [0, 0.1) is 5.92 Å². The highest BCUT2D eigenvalue weighted by Gasteiger charge is 2.44. The van der Waals surface area contributed by atoms with Crippen LogP contribution in [0.25, 0.3) is 0 Å². The molecule has 1 aliphatic rings. The van der Waals surface area contributed by atoms with E-state index in [1.807, 2.05) is 13.8 Å². The molecule has 2 rings (SSSR count). The molecule has 0 aromatic heterocycles. The third kappa shape index (κ3) is 4.42. The number of hydrogen-bond donors (Lipinski definition) is 1. The smallest absolute Gasteiger partial charge is 0.330 e. The van der Waals surface area contributed by atoms with Crippen molar-refractivity contribution in [3.8, 4) is 0 Å². The number of fused-ring (bicyclic) bond motifs is 1. The molecule has 1 N–H and O–H groups in total. The molecule has 0 aliphatic carbocycles. The summed E-state index contributed by atoms with van der Waals surface area (Å²) in [6, 6.07) is 5.34. The Morgan fingerprint density at radius 2 is 1.70 bits per heavy atom. The minimum atomic E-state index is -1.09. The molecule has 0 radical (unpaired) electrons. The Bertz CT molecular complexity index is 736. The SMILES string of the molecule is C=CCNC(=O)[C@H](C)OC(=O)[C@@H](CC(C)C)N1C(=O)c2ccccc2C1=O. The first-order valence-electron chi connectivity index (χ1n) is 8.84. The van der Waals surface area contributed by atoms with E-state index in [9.17, 15) is 19.2 Å². The first kappa shape index (κ1) is 20.4. The second-order valence-corrected chi connectivity index (χ2v) is 6.78. The maximum atomic E-state index is 12.7. The van der Waals surface area contributed by atoms with Crippen LogP contribution in [0.3, 0.4) is 0 Å². The summed E-state index contributed by atoms with van der Waals surface area (Å²) in [5.74, 6) is -2.28. The van der Waals surface area contributed by atoms with Crippen LogP contribution in [0.2, 0.25) is 0 Å². The number of imide groups is 1. The topological polar surface area (TPSA) is 92.8 Å². The molecule has 1 aliphatic heterocycles. The van der Waals surface area contributed by atoms with E-state index in [2.05, 4.69) is 11.9 Å². The number of amides is 3. The van der Waals surface area contributed by atoms with Gasteiger partial charge in [0, 0.05) is 6.54 Å². The van der Waals surface area contributed by atoms with E-state index in [0.717, 1.165) is 4.90 Å². The lowest BCUT2D eigenvalue weighted by molar-refractivity contribution is -0.158. The summed E-state index contributed by atoms with van der Waals surface area (Å²) in [7, 11) is 0. The van der Waals surface area contributed by atoms with E-state index in [1.165, 1.54) is 13.0 Å². The molecular weight excluding hydrogens is 348 g/mol. The fraction of sp³-hybridized carbons (Fsp3) is 0.400. The molecule has 0 saturated carbocycles. The highest BCUT2D eigenvalue weighted by molar-refractivity contribution is 6.22. The first-order valence-corrected chi connectivity index (χ1v) is 8.84. The second kappa shape index (κ2) is 8.62. The van der Waals surface area contributed by atoms with Gasteiger partial charge in [-0.25, -0.2) is 4.79 Å². The van der Waals surface area contributed by atoms with Crippen molar-refractivity contribution in [3.05, 3.63) is 48.0 Å². The number of esters is 1. The van der Waals surface area contributed by atoms with Crippen LogP contribution in [-0.2, 0) is 14.3 Å². The van der Waals surface area contributed by atoms with Crippen molar-refractivity contribution in [1.82, 2.24) is 10.2 Å². The average Bonchev–Trinajstić information content (AvgIpc) is 2.88. The van der Waals surface area contributed by atoms with Gasteiger partial charge in [-0.15, -0.1) is 6.58 Å². The van der Waals surface area contributed by atoms with E-state index in [0.29, 0.717) is 0 Å². The van der Waals surface area contributed by atoms with E-state index in [-0.39, 0.29) is 30.0 Å². The van der Waals surface area contributed by atoms with Gasteiger partial charge in [0.25, 0.3) is 17.7 Å². The maximum Gasteiger partial charge on any atom is 0.330 e. The highest BCUT2D eigenvalue weighted by atomic mass is 16.5. The summed E-state index contributed by atoms with van der Waals surface area (Å²) < 4.78 is 5.25. The Morgan fingerprint density at radius 1 is 1.15 bits per heavy atom. The summed E-state index contributed by atoms with van der Waals surface area (Å²) in [5.41, 5.74) is 0.529. The average molecular weight is 372 g/mol. The number of carbonyl (C=O) groups is 4. The largest absolute Gasteiger partial charge is 0.451 e. The van der Waals surface area contributed by atoms with Crippen molar-refractivity contribution < 1.29 is 23.9 Å². The molecule has 7 heteroatoms. The highest BCUT2D eigenvalue weighted by Crippen LogP contribution is 2.27. The third-order valence-corrected chi connectivity index (χ3v) is 4.19. The quantitative estimate of drug-likeness (QED) is 0.428. The Morgan fingerprint density at radius 3 is 2.19 bits per heavy atom. The summed E-state index contributed by atoms with van der Waals surface area (Å²) >= 11 is 0. The molecular formula is C20H24N2O5. The molecule has 0 fully saturated rings. The van der Waals surface area contributed by atoms with Gasteiger partial charge in [0.2, 0.25) is 0 Å². The lowest BCUT2D eigenvalue weighted by Crippen LogP contribution is -2.48. The van der Waals surface area contributed by atoms with Gasteiger partial charge in [-0.1, -0.05) is 32.1 Å². The van der Waals surface area contributed by atoms with Gasteiger partial charge in [0.05, 0.1) is 11.1 Å². The summed E-state index contributed by atoms with van der Waals surface area (Å²) in [6.07, 6.45) is 0.695. The van der Waals surface area contributed by atoms with E-state index in [4.69, 9.17) is 4.74 Å². The molecule has 1 heterocycles. The van der Waals surface area contributed by atoms with Gasteiger partial charge in [-0.05, 0) is 31.4 Å². The normalized spacial score (nSPS) is 15.3. The first-order chi connectivity index (χ1) is 12.8. The third-order valence-electron chi connectivity index (χ3n) is 4.19. The van der Waals surface area contributed by atoms with E-state index in [1.54, 1.807) is 24.3 Å². The minimum absolute atomic E-state index is 0.0248. The van der Waals surface area contributed by atoms with E-state index >= 15 is 0 Å². The second-order valence-electron chi connectivity index (χ2n) is 6.78. The molecule has 7 nitrogen and oxygen atoms in total. The lowest BCUT2D eigenvalue weighted by atomic mass is 10.0. The summed E-state index contributed by atoms with van der Waals surface area (Å²) in [5, 5.41) is 2.54. The van der Waals surface area contributed by atoms with Crippen LogP contribution in [0.1, 0.15) is 47.9 Å². The van der Waals surface area contributed by atoms with Crippen molar-refractivity contribution in [3.63, 3.8) is 0 Å². The minimum Gasteiger partial charge on any atom is -0.451 e. The molecule has 2 atom stereocenters. The van der Waals surface area contributed by atoms with Crippen molar-refractivity contribution in [2.24, 2.45) is 5.92 Å². The Hall–Kier alpha value is -2.96. The van der Waals surface area contributed by atoms with Gasteiger partial charge in [0.1, 0.15) is 6.04 Å². The number of nitrogens with one attached hydrogen (secondary N) is 1. The Kier molecular flexibility index (Phi) is 6.50. The van der Waals surface area contributed by atoms with Gasteiger partial charge in [-0.3, -0.25) is 19.3 Å². The number of nitrogens with zero attached hydrogens (tertiary/aromatic N) is 1. The molecule has 1 aromatic rings. The molecule has 1 aromatic carbocycles. The van der Waals surface area contributed by atoms with Crippen molar-refractivity contribution in [2.75, 3.05) is 6.54 Å². The van der Waals surface area contributed by atoms with Crippen molar-refractivity contribution >= 4 is 23.7 Å². The van der Waals surface area contributed by atoms with Crippen LogP contribution in [-0.4, -0.2) is 47.3 Å². The summed E-state index contributed by atoms with van der Waals surface area (Å²) in [6.45, 7) is 8.93. The standard InChI is InChI=1S/C20H24N2O5/c1-5-10-21-17(23)13(4)27-20(26)16(11-12(2)3)22-18(24)14-8-6-7-9-15(14)19(22)25/h5-9,12-13,16H,1,10-11H2,2-4H3,(H,21,23)/t13-,16+/m0/s1. The zero-order valence-electron chi connectivity index (χ0n) is 15.7. The van der Waals surface area contributed by atoms with Gasteiger partial charge < -0.3 is 10.1 Å². The number of hydrogen-bond acceptors (Lipinski definition) is 5. The zero-order valence-corrected chi connectivity index (χ0v) is 15.7. The molecule has 144 valence electrons. The van der Waals surface area contributed by atoms with Gasteiger partial charge in [0.15, 0.2) is 6.10 Å². The van der Waals surface area contributed by atoms with Crippen LogP contribution in [0.15, 0.2) is 36.9 Å². The van der Waals surface area contributed by atoms with Crippen molar-refractivity contribution in [2.45, 2.75) is 39.3 Å². The summed E-state index contributed by atoms with van der Waals surface area (Å²) in [4.78, 5) is 51.0. The predicted molar refractivity (Wildman–Crippen MR) is 98.9 cm³/mol. The Labute approximate surface area is 158 Å². The fourth-order valence-electron chi connectivity index (χ4n) is 2.87. The molecule has 0 saturated heterocycles. The number of carbonyl (C=O) groups excluding carboxylic acids is 4. The van der Waals surface area contributed by atoms with Crippen LogP contribution in [0.5, 0.6) is 0 Å². The van der Waals surface area contributed by atoms with Crippen LogP contribution >= 0.6 is 0 Å². The number of rotatable bonds is 8. The van der Waals surface area contributed by atoms with Crippen LogP contribution in [0.4, 0.5) is 0 Å². The maximum absolute atomic E-state index is 12.7. The molecule has 3 amide bonds. The fourth-order valence-corrected chi connectivity index (χ4v) is 2.87. The number of ether oxygens (including phenoxy) is 1.